The zero-order valence-electron chi connectivity index (χ0n) is 17.9. The third-order valence-corrected chi connectivity index (χ3v) is 4.03. The Morgan fingerprint density at radius 3 is 2.30 bits per heavy atom. The first-order valence-electron chi connectivity index (χ1n) is 9.14. The number of hydrogen-bond donors (Lipinski definition) is 0. The summed E-state index contributed by atoms with van der Waals surface area (Å²) in [6, 6.07) is 9.56. The second-order valence-corrected chi connectivity index (χ2v) is 7.43. The maximum atomic E-state index is 12.4. The van der Waals surface area contributed by atoms with Crippen molar-refractivity contribution in [2.45, 2.75) is 33.0 Å². The van der Waals surface area contributed by atoms with Crippen LogP contribution in [-0.4, -0.2) is 37.9 Å². The molecule has 0 N–H and O–H groups in total. The molecular weight excluding hydrogens is 392 g/mol. The van der Waals surface area contributed by atoms with Crippen molar-refractivity contribution >= 4 is 17.5 Å². The predicted molar refractivity (Wildman–Crippen MR) is 112 cm³/mol. The predicted octanol–water partition coefficient (Wildman–Crippen LogP) is 4.56. The molecule has 0 unspecified atom stereocenters. The first-order valence-corrected chi connectivity index (χ1v) is 9.14. The van der Waals surface area contributed by atoms with E-state index in [0.717, 1.165) is 10.5 Å². The van der Waals surface area contributed by atoms with Crippen molar-refractivity contribution < 1.29 is 28.7 Å². The number of nitro benzene ring substituents is 1. The minimum Gasteiger partial charge on any atom is -0.493 e. The molecule has 9 nitrogen and oxygen atoms in total. The quantitative estimate of drug-likeness (QED) is 0.480. The van der Waals surface area contributed by atoms with Crippen LogP contribution in [-0.2, 0) is 11.3 Å². The lowest BCUT2D eigenvalue weighted by Crippen LogP contribution is -2.34. The van der Waals surface area contributed by atoms with Gasteiger partial charge < -0.3 is 18.9 Å². The van der Waals surface area contributed by atoms with Gasteiger partial charge in [0.25, 0.3) is 5.69 Å². The van der Waals surface area contributed by atoms with Gasteiger partial charge >= 0.3 is 6.09 Å². The molecule has 0 atom stereocenters. The lowest BCUT2D eigenvalue weighted by Gasteiger charge is -2.24. The van der Waals surface area contributed by atoms with Crippen LogP contribution in [0.3, 0.4) is 0 Å². The van der Waals surface area contributed by atoms with Crippen LogP contribution in [0, 0.1) is 10.1 Å². The van der Waals surface area contributed by atoms with E-state index < -0.39 is 16.6 Å². The third kappa shape index (κ3) is 5.76. The fourth-order valence-electron chi connectivity index (χ4n) is 2.58. The number of amides is 1. The van der Waals surface area contributed by atoms with Gasteiger partial charge in [0, 0.05) is 19.2 Å². The van der Waals surface area contributed by atoms with Gasteiger partial charge in [0.05, 0.1) is 19.1 Å². The summed E-state index contributed by atoms with van der Waals surface area (Å²) >= 11 is 0. The SMILES string of the molecule is COc1ccc(COc2ccc([N+](=O)[O-])c(N(C)C(=O)OC(C)(C)C)c2)cc1OC. The number of ether oxygens (including phenoxy) is 4. The first kappa shape index (κ1) is 22.8. The number of carbonyl (C=O) groups is 1. The van der Waals surface area contributed by atoms with E-state index in [4.69, 9.17) is 18.9 Å². The van der Waals surface area contributed by atoms with Crippen molar-refractivity contribution in [1.82, 2.24) is 0 Å². The minimum atomic E-state index is -0.734. The van der Waals surface area contributed by atoms with Crippen LogP contribution in [0.25, 0.3) is 0 Å². The van der Waals surface area contributed by atoms with E-state index in [1.54, 1.807) is 40.0 Å². The lowest BCUT2D eigenvalue weighted by molar-refractivity contribution is -0.384. The van der Waals surface area contributed by atoms with Crippen LogP contribution in [0.1, 0.15) is 26.3 Å². The summed E-state index contributed by atoms with van der Waals surface area (Å²) in [6.07, 6.45) is -0.706. The van der Waals surface area contributed by atoms with Gasteiger partial charge in [-0.25, -0.2) is 4.79 Å². The number of hydrogen-bond acceptors (Lipinski definition) is 7. The van der Waals surface area contributed by atoms with Gasteiger partial charge in [-0.05, 0) is 44.5 Å². The van der Waals surface area contributed by atoms with Crippen molar-refractivity contribution in [3.63, 3.8) is 0 Å². The molecule has 1 amide bonds. The molecule has 0 fully saturated rings. The van der Waals surface area contributed by atoms with Crippen LogP contribution >= 0.6 is 0 Å². The zero-order chi connectivity index (χ0) is 22.5. The van der Waals surface area contributed by atoms with E-state index in [-0.39, 0.29) is 18.0 Å². The highest BCUT2D eigenvalue weighted by Gasteiger charge is 2.26. The molecule has 2 rings (SSSR count). The summed E-state index contributed by atoms with van der Waals surface area (Å²) < 4.78 is 21.6. The highest BCUT2D eigenvalue weighted by atomic mass is 16.6. The standard InChI is InChI=1S/C21H26N2O7/c1-21(2,3)30-20(24)22(4)17-12-15(8-9-16(17)23(25)26)29-13-14-7-10-18(27-5)19(11-14)28-6/h7-12H,13H2,1-6H3. The van der Waals surface area contributed by atoms with Crippen LogP contribution in [0.2, 0.25) is 0 Å². The Bertz CT molecular complexity index is 922. The second-order valence-electron chi connectivity index (χ2n) is 7.43. The van der Waals surface area contributed by atoms with Gasteiger partial charge in [-0.15, -0.1) is 0 Å². The van der Waals surface area contributed by atoms with E-state index in [1.165, 1.54) is 32.4 Å². The first-order chi connectivity index (χ1) is 14.1. The molecule has 162 valence electrons. The molecule has 30 heavy (non-hydrogen) atoms. The molecular formula is C21H26N2O7. The number of methoxy groups -OCH3 is 2. The van der Waals surface area contributed by atoms with Crippen molar-refractivity contribution in [3.8, 4) is 17.2 Å². The van der Waals surface area contributed by atoms with Gasteiger partial charge in [-0.3, -0.25) is 15.0 Å². The second kappa shape index (κ2) is 9.34. The summed E-state index contributed by atoms with van der Waals surface area (Å²) in [7, 11) is 4.50. The summed E-state index contributed by atoms with van der Waals surface area (Å²) in [5.41, 5.74) is -0.0873. The summed E-state index contributed by atoms with van der Waals surface area (Å²) in [5.74, 6) is 1.52. The molecule has 0 aliphatic heterocycles. The molecule has 0 aromatic heterocycles. The molecule has 0 heterocycles. The van der Waals surface area contributed by atoms with Gasteiger partial charge in [0.15, 0.2) is 11.5 Å². The molecule has 2 aromatic rings. The number of nitrogens with zero attached hydrogens (tertiary/aromatic N) is 2. The van der Waals surface area contributed by atoms with Crippen molar-refractivity contribution in [2.75, 3.05) is 26.2 Å². The van der Waals surface area contributed by atoms with E-state index in [9.17, 15) is 14.9 Å². The smallest absolute Gasteiger partial charge is 0.414 e. The average Bonchev–Trinajstić information content (AvgIpc) is 2.69. The van der Waals surface area contributed by atoms with E-state index in [2.05, 4.69) is 0 Å². The van der Waals surface area contributed by atoms with Gasteiger partial charge in [0.2, 0.25) is 0 Å². The number of carbonyl (C=O) groups excluding carboxylic acids is 1. The Labute approximate surface area is 175 Å². The Hall–Kier alpha value is -3.49. The van der Waals surface area contributed by atoms with E-state index >= 15 is 0 Å². The minimum absolute atomic E-state index is 0.0686. The maximum Gasteiger partial charge on any atom is 0.414 e. The van der Waals surface area contributed by atoms with Crippen LogP contribution in [0.15, 0.2) is 36.4 Å². The molecule has 0 saturated carbocycles. The molecule has 9 heteroatoms. The normalized spacial score (nSPS) is 10.9. The molecule has 2 aromatic carbocycles. The van der Waals surface area contributed by atoms with Crippen LogP contribution in [0.4, 0.5) is 16.2 Å². The topological polar surface area (TPSA) is 100 Å². The number of benzene rings is 2. The molecule has 0 bridgehead atoms. The van der Waals surface area contributed by atoms with Gasteiger partial charge in [0.1, 0.15) is 23.6 Å². The van der Waals surface area contributed by atoms with E-state index in [1.807, 2.05) is 6.07 Å². The summed E-state index contributed by atoms with van der Waals surface area (Å²) in [5, 5.41) is 11.4. The zero-order valence-corrected chi connectivity index (χ0v) is 17.9. The van der Waals surface area contributed by atoms with Crippen molar-refractivity contribution in [3.05, 3.63) is 52.1 Å². The summed E-state index contributed by atoms with van der Waals surface area (Å²) in [6.45, 7) is 5.34. The van der Waals surface area contributed by atoms with Gasteiger partial charge in [-0.2, -0.15) is 0 Å². The van der Waals surface area contributed by atoms with Gasteiger partial charge in [-0.1, -0.05) is 6.07 Å². The highest BCUT2D eigenvalue weighted by Crippen LogP contribution is 2.33. The Kier molecular flexibility index (Phi) is 7.10. The molecule has 0 aliphatic rings. The molecule has 0 spiro atoms. The average molecular weight is 418 g/mol. The molecule has 0 aliphatic carbocycles. The van der Waals surface area contributed by atoms with Crippen molar-refractivity contribution in [1.29, 1.82) is 0 Å². The highest BCUT2D eigenvalue weighted by molar-refractivity contribution is 5.90. The molecule has 0 radical (unpaired) electrons. The van der Waals surface area contributed by atoms with Crippen LogP contribution < -0.4 is 19.1 Å². The maximum absolute atomic E-state index is 12.4. The van der Waals surface area contributed by atoms with E-state index in [0.29, 0.717) is 17.2 Å². The number of anilines is 1. The Balaban J connectivity index is 2.25. The Morgan fingerprint density at radius 1 is 1.07 bits per heavy atom. The van der Waals surface area contributed by atoms with Crippen molar-refractivity contribution in [2.24, 2.45) is 0 Å². The third-order valence-electron chi connectivity index (χ3n) is 4.03. The summed E-state index contributed by atoms with van der Waals surface area (Å²) in [4.78, 5) is 24.3. The number of rotatable bonds is 7. The molecule has 0 saturated heterocycles. The number of nitro groups is 1. The van der Waals surface area contributed by atoms with Crippen LogP contribution in [0.5, 0.6) is 17.2 Å². The fraction of sp³-hybridized carbons (Fsp3) is 0.381. The Morgan fingerprint density at radius 2 is 1.73 bits per heavy atom. The monoisotopic (exact) mass is 418 g/mol. The lowest BCUT2D eigenvalue weighted by atomic mass is 10.2. The fourth-order valence-corrected chi connectivity index (χ4v) is 2.58. The largest absolute Gasteiger partial charge is 0.493 e.